The topological polar surface area (TPSA) is 61.3 Å². The minimum absolute atomic E-state index is 0.355. The molecule has 4 heteroatoms. The summed E-state index contributed by atoms with van der Waals surface area (Å²) in [4.78, 5) is 0. The van der Waals surface area contributed by atoms with Crippen LogP contribution in [0.15, 0.2) is 6.07 Å². The first-order valence-corrected chi connectivity index (χ1v) is 6.65. The van der Waals surface area contributed by atoms with E-state index in [2.05, 4.69) is 0 Å². The van der Waals surface area contributed by atoms with E-state index < -0.39 is 0 Å². The second-order valence-electron chi connectivity index (χ2n) is 4.69. The van der Waals surface area contributed by atoms with Crippen molar-refractivity contribution in [3.63, 3.8) is 0 Å². The van der Waals surface area contributed by atoms with Crippen LogP contribution in [0.2, 0.25) is 5.02 Å². The third-order valence-corrected chi connectivity index (χ3v) is 3.85. The van der Waals surface area contributed by atoms with Crippen molar-refractivity contribution < 1.29 is 4.74 Å². The van der Waals surface area contributed by atoms with E-state index in [0.29, 0.717) is 19.0 Å². The van der Waals surface area contributed by atoms with Crippen molar-refractivity contribution in [2.24, 2.45) is 17.4 Å². The van der Waals surface area contributed by atoms with Crippen molar-refractivity contribution in [3.05, 3.63) is 27.8 Å². The van der Waals surface area contributed by atoms with Gasteiger partial charge in [-0.1, -0.05) is 11.6 Å². The quantitative estimate of drug-likeness (QED) is 0.835. The van der Waals surface area contributed by atoms with E-state index in [1.54, 1.807) is 7.11 Å². The van der Waals surface area contributed by atoms with Crippen molar-refractivity contribution in [2.75, 3.05) is 20.2 Å². The smallest absolute Gasteiger partial charge is 0.125 e. The molecule has 0 saturated heterocycles. The molecule has 0 aliphatic rings. The Bertz CT molecular complexity index is 403. The van der Waals surface area contributed by atoms with E-state index in [9.17, 15) is 0 Å². The average Bonchev–Trinajstić information content (AvgIpc) is 2.36. The number of aryl methyl sites for hydroxylation is 1. The number of rotatable bonds is 6. The van der Waals surface area contributed by atoms with E-state index in [0.717, 1.165) is 34.7 Å². The van der Waals surface area contributed by atoms with Gasteiger partial charge in [0.25, 0.3) is 0 Å². The highest BCUT2D eigenvalue weighted by Gasteiger charge is 2.14. The Morgan fingerprint density at radius 1 is 1.28 bits per heavy atom. The molecule has 0 saturated carbocycles. The van der Waals surface area contributed by atoms with Crippen molar-refractivity contribution >= 4 is 11.6 Å². The predicted octanol–water partition coefficient (Wildman–Crippen LogP) is 2.43. The third-order valence-electron chi connectivity index (χ3n) is 3.46. The molecule has 0 unspecified atom stereocenters. The molecule has 102 valence electrons. The van der Waals surface area contributed by atoms with E-state index >= 15 is 0 Å². The van der Waals surface area contributed by atoms with Crippen LogP contribution in [-0.4, -0.2) is 20.2 Å². The summed E-state index contributed by atoms with van der Waals surface area (Å²) in [5, 5.41) is 0.792. The molecule has 0 aliphatic heterocycles. The fourth-order valence-electron chi connectivity index (χ4n) is 2.18. The SMILES string of the molecule is COc1c(C)cc(Cl)c(C)c1CCC(CN)CN. The van der Waals surface area contributed by atoms with Crippen LogP contribution in [0.1, 0.15) is 23.1 Å². The average molecular weight is 271 g/mol. The van der Waals surface area contributed by atoms with Crippen LogP contribution in [0, 0.1) is 19.8 Å². The van der Waals surface area contributed by atoms with Gasteiger partial charge in [-0.05, 0) is 68.5 Å². The van der Waals surface area contributed by atoms with Gasteiger partial charge in [-0.15, -0.1) is 0 Å². The summed E-state index contributed by atoms with van der Waals surface area (Å²) in [6.07, 6.45) is 1.86. The van der Waals surface area contributed by atoms with Crippen LogP contribution in [0.4, 0.5) is 0 Å². The van der Waals surface area contributed by atoms with E-state index in [-0.39, 0.29) is 0 Å². The lowest BCUT2D eigenvalue weighted by Crippen LogP contribution is -2.23. The van der Waals surface area contributed by atoms with Crippen LogP contribution >= 0.6 is 11.6 Å². The van der Waals surface area contributed by atoms with Gasteiger partial charge in [-0.2, -0.15) is 0 Å². The molecular formula is C14H23ClN2O. The van der Waals surface area contributed by atoms with Gasteiger partial charge in [0.1, 0.15) is 5.75 Å². The van der Waals surface area contributed by atoms with Gasteiger partial charge in [-0.25, -0.2) is 0 Å². The lowest BCUT2D eigenvalue weighted by atomic mass is 9.94. The van der Waals surface area contributed by atoms with Crippen molar-refractivity contribution in [1.29, 1.82) is 0 Å². The fraction of sp³-hybridized carbons (Fsp3) is 0.571. The Morgan fingerprint density at radius 3 is 2.39 bits per heavy atom. The minimum Gasteiger partial charge on any atom is -0.496 e. The Hall–Kier alpha value is -0.770. The summed E-state index contributed by atoms with van der Waals surface area (Å²) >= 11 is 6.23. The van der Waals surface area contributed by atoms with Gasteiger partial charge in [0.05, 0.1) is 7.11 Å². The summed E-state index contributed by atoms with van der Waals surface area (Å²) < 4.78 is 5.49. The van der Waals surface area contributed by atoms with E-state index in [4.69, 9.17) is 27.8 Å². The molecule has 3 nitrogen and oxygen atoms in total. The molecule has 1 rings (SSSR count). The van der Waals surface area contributed by atoms with E-state index in [1.807, 2.05) is 19.9 Å². The maximum absolute atomic E-state index is 6.23. The van der Waals surface area contributed by atoms with Crippen LogP contribution in [0.5, 0.6) is 5.75 Å². The van der Waals surface area contributed by atoms with Crippen molar-refractivity contribution in [1.82, 2.24) is 0 Å². The minimum atomic E-state index is 0.355. The van der Waals surface area contributed by atoms with Gasteiger partial charge < -0.3 is 16.2 Å². The summed E-state index contributed by atoms with van der Waals surface area (Å²) in [7, 11) is 1.70. The van der Waals surface area contributed by atoms with Crippen LogP contribution in [-0.2, 0) is 6.42 Å². The van der Waals surface area contributed by atoms with Gasteiger partial charge >= 0.3 is 0 Å². The predicted molar refractivity (Wildman–Crippen MR) is 77.4 cm³/mol. The molecule has 0 atom stereocenters. The van der Waals surface area contributed by atoms with Gasteiger partial charge in [-0.3, -0.25) is 0 Å². The zero-order valence-corrected chi connectivity index (χ0v) is 12.2. The van der Waals surface area contributed by atoms with Crippen molar-refractivity contribution in [3.8, 4) is 5.75 Å². The maximum Gasteiger partial charge on any atom is 0.125 e. The summed E-state index contributed by atoms with van der Waals surface area (Å²) in [6.45, 7) is 5.28. The molecule has 4 N–H and O–H groups in total. The highest BCUT2D eigenvalue weighted by atomic mass is 35.5. The number of hydrogen-bond donors (Lipinski definition) is 2. The standard InChI is InChI=1S/C14H23ClN2O/c1-9-6-13(15)10(2)12(14(9)18-3)5-4-11(7-16)8-17/h6,11H,4-5,7-8,16-17H2,1-3H3. The highest BCUT2D eigenvalue weighted by Crippen LogP contribution is 2.33. The number of ether oxygens (including phenoxy) is 1. The van der Waals surface area contributed by atoms with E-state index in [1.165, 1.54) is 5.56 Å². The van der Waals surface area contributed by atoms with Crippen LogP contribution in [0.25, 0.3) is 0 Å². The zero-order chi connectivity index (χ0) is 13.7. The molecule has 0 fully saturated rings. The van der Waals surface area contributed by atoms with Gasteiger partial charge in [0, 0.05) is 5.02 Å². The molecule has 1 aromatic rings. The number of methoxy groups -OCH3 is 1. The molecule has 1 aromatic carbocycles. The number of halogens is 1. The molecule has 0 heterocycles. The number of hydrogen-bond acceptors (Lipinski definition) is 3. The summed E-state index contributed by atoms with van der Waals surface area (Å²) in [5.41, 5.74) is 14.7. The molecular weight excluding hydrogens is 248 g/mol. The fourth-order valence-corrected chi connectivity index (χ4v) is 2.46. The lowest BCUT2D eigenvalue weighted by Gasteiger charge is -2.18. The van der Waals surface area contributed by atoms with Gasteiger partial charge in [0.15, 0.2) is 0 Å². The molecule has 0 aliphatic carbocycles. The molecule has 0 aromatic heterocycles. The summed E-state index contributed by atoms with van der Waals surface area (Å²) in [6, 6.07) is 1.95. The Labute approximate surface area is 114 Å². The second kappa shape index (κ2) is 6.98. The number of nitrogens with two attached hydrogens (primary N) is 2. The largest absolute Gasteiger partial charge is 0.496 e. The van der Waals surface area contributed by atoms with Crippen molar-refractivity contribution in [2.45, 2.75) is 26.7 Å². The Morgan fingerprint density at radius 2 is 1.89 bits per heavy atom. The monoisotopic (exact) mass is 270 g/mol. The molecule has 0 radical (unpaired) electrons. The first-order valence-electron chi connectivity index (χ1n) is 6.27. The molecule has 0 amide bonds. The molecule has 18 heavy (non-hydrogen) atoms. The highest BCUT2D eigenvalue weighted by molar-refractivity contribution is 6.31. The third kappa shape index (κ3) is 3.37. The second-order valence-corrected chi connectivity index (χ2v) is 5.10. The molecule has 0 spiro atoms. The normalized spacial score (nSPS) is 11.1. The van der Waals surface area contributed by atoms with Crippen LogP contribution < -0.4 is 16.2 Å². The summed E-state index contributed by atoms with van der Waals surface area (Å²) in [5.74, 6) is 1.29. The van der Waals surface area contributed by atoms with Gasteiger partial charge in [0.2, 0.25) is 0 Å². The Balaban J connectivity index is 2.99. The Kier molecular flexibility index (Phi) is 5.93. The zero-order valence-electron chi connectivity index (χ0n) is 11.4. The lowest BCUT2D eigenvalue weighted by molar-refractivity contribution is 0.402. The maximum atomic E-state index is 6.23. The molecule has 0 bridgehead atoms. The number of benzene rings is 1. The first-order chi connectivity index (χ1) is 8.54. The van der Waals surface area contributed by atoms with Crippen LogP contribution in [0.3, 0.4) is 0 Å². The first kappa shape index (κ1) is 15.3.